The van der Waals surface area contributed by atoms with Gasteiger partial charge in [-0.1, -0.05) is 42.5 Å². The molecule has 0 saturated heterocycles. The molecule has 0 bridgehead atoms. The zero-order chi connectivity index (χ0) is 23.9. The van der Waals surface area contributed by atoms with Gasteiger partial charge in [-0.3, -0.25) is 15.5 Å². The Bertz CT molecular complexity index is 1310. The second kappa shape index (κ2) is 10.8. The van der Waals surface area contributed by atoms with Crippen molar-refractivity contribution in [3.05, 3.63) is 95.5 Å². The average molecular weight is 481 g/mol. The predicted molar refractivity (Wildman–Crippen MR) is 128 cm³/mol. The van der Waals surface area contributed by atoms with Crippen LogP contribution in [0.15, 0.2) is 77.2 Å². The average Bonchev–Trinajstić information content (AvgIpc) is 3.24. The van der Waals surface area contributed by atoms with Gasteiger partial charge < -0.3 is 19.2 Å². The van der Waals surface area contributed by atoms with Gasteiger partial charge in [-0.2, -0.15) is 0 Å². The molecule has 3 N–H and O–H groups in total. The van der Waals surface area contributed by atoms with Crippen LogP contribution in [0.5, 0.6) is 11.5 Å². The first-order chi connectivity index (χ1) is 16.6. The van der Waals surface area contributed by atoms with E-state index >= 15 is 0 Å². The number of carbonyl (C=O) groups is 1. The number of carbonyl (C=O) groups excluding carboxylic acids is 1. The summed E-state index contributed by atoms with van der Waals surface area (Å²) in [7, 11) is 0. The molecule has 4 rings (SSSR count). The van der Waals surface area contributed by atoms with Crippen molar-refractivity contribution < 1.29 is 28.3 Å². The monoisotopic (exact) mass is 480 g/mol. The molecule has 34 heavy (non-hydrogen) atoms. The van der Waals surface area contributed by atoms with Gasteiger partial charge in [-0.15, -0.1) is 0 Å². The Kier molecular flexibility index (Phi) is 7.36. The summed E-state index contributed by atoms with van der Waals surface area (Å²) in [5.74, 6) is -0.134. The zero-order valence-corrected chi connectivity index (χ0v) is 18.7. The first-order valence-corrected chi connectivity index (χ1v) is 10.8. The molecule has 4 aromatic rings. The minimum Gasteiger partial charge on any atom is -0.492 e. The standard InChI is InChI=1S/C25H21FN2O5S/c26-20-6-2-4-8-22(20)32-15-19-18-5-1-3-7-21(18)33-23(19)24(29)27-13-14-31-17-11-9-16(10-12-17)25(34)28-30/h1-12,30H,13-15H2,(H,27,29)(H,28,34). The Balaban J connectivity index is 1.39. The van der Waals surface area contributed by atoms with Gasteiger partial charge >= 0.3 is 0 Å². The number of hydroxylamine groups is 1. The summed E-state index contributed by atoms with van der Waals surface area (Å²) in [5, 5.41) is 12.3. The van der Waals surface area contributed by atoms with E-state index in [0.29, 0.717) is 22.5 Å². The molecule has 0 radical (unpaired) electrons. The molecule has 9 heteroatoms. The maximum Gasteiger partial charge on any atom is 0.287 e. The van der Waals surface area contributed by atoms with Crippen molar-refractivity contribution in [2.45, 2.75) is 6.61 Å². The summed E-state index contributed by atoms with van der Waals surface area (Å²) in [6, 6.07) is 20.1. The third kappa shape index (κ3) is 5.33. The molecule has 1 amide bonds. The first kappa shape index (κ1) is 23.2. The van der Waals surface area contributed by atoms with Gasteiger partial charge in [0, 0.05) is 16.5 Å². The lowest BCUT2D eigenvalue weighted by molar-refractivity contribution is 0.0918. The smallest absolute Gasteiger partial charge is 0.287 e. The van der Waals surface area contributed by atoms with E-state index in [9.17, 15) is 9.18 Å². The van der Waals surface area contributed by atoms with Crippen LogP contribution < -0.4 is 20.3 Å². The Hall–Kier alpha value is -3.95. The van der Waals surface area contributed by atoms with E-state index in [4.69, 9.17) is 31.3 Å². The quantitative estimate of drug-likeness (QED) is 0.183. The van der Waals surface area contributed by atoms with Crippen molar-refractivity contribution >= 4 is 34.1 Å². The predicted octanol–water partition coefficient (Wildman–Crippen LogP) is 4.61. The van der Waals surface area contributed by atoms with E-state index in [-0.39, 0.29) is 36.3 Å². The second-order valence-corrected chi connectivity index (χ2v) is 7.60. The van der Waals surface area contributed by atoms with Gasteiger partial charge in [0.05, 0.1) is 6.54 Å². The molecule has 0 saturated carbocycles. The van der Waals surface area contributed by atoms with Gasteiger partial charge in [0.15, 0.2) is 17.3 Å². The zero-order valence-electron chi connectivity index (χ0n) is 17.9. The molecule has 0 aliphatic rings. The highest BCUT2D eigenvalue weighted by atomic mass is 32.1. The number of hydrogen-bond donors (Lipinski definition) is 3. The lowest BCUT2D eigenvalue weighted by Gasteiger charge is -2.10. The van der Waals surface area contributed by atoms with Crippen LogP contribution in [-0.2, 0) is 6.61 Å². The molecule has 7 nitrogen and oxygen atoms in total. The fraction of sp³-hybridized carbons (Fsp3) is 0.120. The molecule has 0 fully saturated rings. The Morgan fingerprint density at radius 2 is 1.74 bits per heavy atom. The number of furan rings is 1. The van der Waals surface area contributed by atoms with E-state index in [0.717, 1.165) is 5.39 Å². The molecule has 0 unspecified atom stereocenters. The second-order valence-electron chi connectivity index (χ2n) is 7.19. The number of nitrogens with one attached hydrogen (secondary N) is 2. The van der Waals surface area contributed by atoms with Crippen molar-refractivity contribution in [2.75, 3.05) is 13.2 Å². The van der Waals surface area contributed by atoms with Crippen molar-refractivity contribution in [1.29, 1.82) is 0 Å². The van der Waals surface area contributed by atoms with Crippen LogP contribution in [0.3, 0.4) is 0 Å². The highest BCUT2D eigenvalue weighted by molar-refractivity contribution is 7.80. The molecule has 0 aliphatic heterocycles. The van der Waals surface area contributed by atoms with E-state index in [1.54, 1.807) is 48.5 Å². The number of fused-ring (bicyclic) bond motifs is 1. The van der Waals surface area contributed by atoms with Gasteiger partial charge in [0.25, 0.3) is 5.91 Å². The maximum atomic E-state index is 14.0. The summed E-state index contributed by atoms with van der Waals surface area (Å²) < 4.78 is 31.0. The molecule has 0 spiro atoms. The van der Waals surface area contributed by atoms with Crippen LogP contribution in [0.4, 0.5) is 4.39 Å². The maximum absolute atomic E-state index is 14.0. The molecular formula is C25H21FN2O5S. The SMILES string of the molecule is O=C(NCCOc1ccc(C(=S)NO)cc1)c1oc2ccccc2c1COc1ccccc1F. The summed E-state index contributed by atoms with van der Waals surface area (Å²) in [6.07, 6.45) is 0. The number of para-hydroxylation sites is 2. The summed E-state index contributed by atoms with van der Waals surface area (Å²) in [6.45, 7) is 0.408. The third-order valence-electron chi connectivity index (χ3n) is 4.99. The topological polar surface area (TPSA) is 93.0 Å². The highest BCUT2D eigenvalue weighted by Crippen LogP contribution is 2.28. The molecule has 174 valence electrons. The Morgan fingerprint density at radius 3 is 2.50 bits per heavy atom. The fourth-order valence-corrected chi connectivity index (χ4v) is 3.45. The normalized spacial score (nSPS) is 10.6. The first-order valence-electron chi connectivity index (χ1n) is 10.4. The summed E-state index contributed by atoms with van der Waals surface area (Å²) in [5.41, 5.74) is 3.63. The molecule has 1 heterocycles. The number of benzene rings is 3. The van der Waals surface area contributed by atoms with E-state index < -0.39 is 11.7 Å². The number of thiocarbonyl (C=S) groups is 1. The van der Waals surface area contributed by atoms with Crippen LogP contribution >= 0.6 is 12.2 Å². The van der Waals surface area contributed by atoms with Crippen molar-refractivity contribution in [2.24, 2.45) is 0 Å². The minimum atomic E-state index is -0.485. The number of amides is 1. The molecule has 0 aliphatic carbocycles. The Labute approximate surface area is 200 Å². The van der Waals surface area contributed by atoms with E-state index in [1.807, 2.05) is 17.6 Å². The number of halogens is 1. The number of rotatable bonds is 9. The minimum absolute atomic E-state index is 0.0336. The van der Waals surface area contributed by atoms with Gasteiger partial charge in [-0.05, 0) is 42.5 Å². The molecule has 1 aromatic heterocycles. The number of ether oxygens (including phenoxy) is 2. The van der Waals surface area contributed by atoms with E-state index in [2.05, 4.69) is 5.32 Å². The van der Waals surface area contributed by atoms with Gasteiger partial charge in [0.1, 0.15) is 29.5 Å². The van der Waals surface area contributed by atoms with Crippen molar-refractivity contribution in [3.63, 3.8) is 0 Å². The van der Waals surface area contributed by atoms with Crippen LogP contribution in [-0.4, -0.2) is 29.3 Å². The van der Waals surface area contributed by atoms with Gasteiger partial charge in [-0.25, -0.2) is 4.39 Å². The van der Waals surface area contributed by atoms with E-state index in [1.165, 1.54) is 12.1 Å². The fourth-order valence-electron chi connectivity index (χ4n) is 3.32. The van der Waals surface area contributed by atoms with Crippen molar-refractivity contribution in [1.82, 2.24) is 10.8 Å². The summed E-state index contributed by atoms with van der Waals surface area (Å²) >= 11 is 4.95. The third-order valence-corrected chi connectivity index (χ3v) is 5.31. The molecule has 0 atom stereocenters. The molecular weight excluding hydrogens is 459 g/mol. The molecule has 3 aromatic carbocycles. The largest absolute Gasteiger partial charge is 0.492 e. The Morgan fingerprint density at radius 1 is 1.00 bits per heavy atom. The van der Waals surface area contributed by atoms with Gasteiger partial charge in [0.2, 0.25) is 0 Å². The van der Waals surface area contributed by atoms with Crippen molar-refractivity contribution in [3.8, 4) is 11.5 Å². The van der Waals surface area contributed by atoms with Crippen LogP contribution in [0, 0.1) is 5.82 Å². The van der Waals surface area contributed by atoms with Crippen LogP contribution in [0.2, 0.25) is 0 Å². The van der Waals surface area contributed by atoms with Crippen LogP contribution in [0.1, 0.15) is 21.7 Å². The summed E-state index contributed by atoms with van der Waals surface area (Å²) in [4.78, 5) is 13.1. The lowest BCUT2D eigenvalue weighted by atomic mass is 10.1. The highest BCUT2D eigenvalue weighted by Gasteiger charge is 2.21. The van der Waals surface area contributed by atoms with Crippen LogP contribution in [0.25, 0.3) is 11.0 Å². The lowest BCUT2D eigenvalue weighted by Crippen LogP contribution is -2.28. The number of hydrogen-bond acceptors (Lipinski definition) is 6.